The van der Waals surface area contributed by atoms with Gasteiger partial charge >= 0.3 is 0 Å². The number of hydrogen-bond acceptors (Lipinski definition) is 7. The summed E-state index contributed by atoms with van der Waals surface area (Å²) in [6.07, 6.45) is 2.18. The molecule has 0 N–H and O–H groups in total. The van der Waals surface area contributed by atoms with Crippen LogP contribution in [0.25, 0.3) is 16.4 Å². The van der Waals surface area contributed by atoms with E-state index in [1.54, 1.807) is 32.2 Å². The number of ether oxygens (including phenoxy) is 4. The van der Waals surface area contributed by atoms with Crippen molar-refractivity contribution in [2.75, 3.05) is 21.3 Å². The van der Waals surface area contributed by atoms with Crippen molar-refractivity contribution in [3.8, 4) is 28.9 Å². The molecule has 8 nitrogen and oxygen atoms in total. The van der Waals surface area contributed by atoms with Gasteiger partial charge in [-0.3, -0.25) is 0 Å². The Labute approximate surface area is 230 Å². The van der Waals surface area contributed by atoms with Crippen molar-refractivity contribution >= 4 is 16.4 Å². The lowest BCUT2D eigenvalue weighted by Gasteiger charge is -2.29. The van der Waals surface area contributed by atoms with Crippen molar-refractivity contribution in [1.82, 2.24) is 19.6 Å². The fourth-order valence-electron chi connectivity index (χ4n) is 5.53. The topological polar surface area (TPSA) is 80.0 Å². The van der Waals surface area contributed by atoms with E-state index >= 15 is 0 Å². The lowest BCUT2D eigenvalue weighted by Crippen LogP contribution is -2.15. The first-order valence-electron chi connectivity index (χ1n) is 13.0. The minimum Gasteiger partial charge on any atom is -0.497 e. The highest BCUT2D eigenvalue weighted by molar-refractivity contribution is 5.90. The molecule has 1 aliphatic heterocycles. The molecule has 0 amide bonds. The van der Waals surface area contributed by atoms with Gasteiger partial charge in [0, 0.05) is 17.9 Å². The Balaban J connectivity index is 1.40. The molecule has 7 rings (SSSR count). The zero-order valence-electron chi connectivity index (χ0n) is 22.3. The van der Waals surface area contributed by atoms with E-state index < -0.39 is 0 Å². The Morgan fingerprint density at radius 2 is 1.65 bits per heavy atom. The first-order chi connectivity index (χ1) is 19.7. The lowest BCUT2D eigenvalue weighted by molar-refractivity contribution is 0.354. The van der Waals surface area contributed by atoms with Crippen molar-refractivity contribution < 1.29 is 18.9 Å². The van der Waals surface area contributed by atoms with Crippen LogP contribution in [-0.4, -0.2) is 40.9 Å². The summed E-state index contributed by atoms with van der Waals surface area (Å²) in [4.78, 5) is 9.70. The van der Waals surface area contributed by atoms with Gasteiger partial charge in [-0.1, -0.05) is 48.5 Å². The molecule has 0 fully saturated rings. The predicted octanol–water partition coefficient (Wildman–Crippen LogP) is 6.18. The van der Waals surface area contributed by atoms with Crippen LogP contribution in [-0.2, 0) is 6.42 Å². The Kier molecular flexibility index (Phi) is 5.73. The maximum Gasteiger partial charge on any atom is 0.228 e. The summed E-state index contributed by atoms with van der Waals surface area (Å²) in [5, 5.41) is 7.05. The summed E-state index contributed by atoms with van der Waals surface area (Å²) < 4.78 is 24.5. The van der Waals surface area contributed by atoms with Crippen LogP contribution in [0.5, 0.6) is 28.9 Å². The van der Waals surface area contributed by atoms with E-state index in [9.17, 15) is 0 Å². The Morgan fingerprint density at radius 3 is 2.45 bits per heavy atom. The van der Waals surface area contributed by atoms with Crippen molar-refractivity contribution in [2.24, 2.45) is 0 Å². The smallest absolute Gasteiger partial charge is 0.228 e. The molecule has 8 heteroatoms. The van der Waals surface area contributed by atoms with E-state index in [1.807, 2.05) is 42.5 Å². The summed E-state index contributed by atoms with van der Waals surface area (Å²) in [6, 6.07) is 26.4. The van der Waals surface area contributed by atoms with Gasteiger partial charge < -0.3 is 18.9 Å². The monoisotopic (exact) mass is 530 g/mol. The number of fused-ring (bicyclic) bond motifs is 6. The average molecular weight is 531 g/mol. The molecule has 0 saturated heterocycles. The van der Waals surface area contributed by atoms with E-state index in [0.717, 1.165) is 44.5 Å². The maximum absolute atomic E-state index is 6.43. The van der Waals surface area contributed by atoms with Crippen LogP contribution in [0.15, 0.2) is 85.2 Å². The second-order valence-corrected chi connectivity index (χ2v) is 9.63. The summed E-state index contributed by atoms with van der Waals surface area (Å²) in [5.41, 5.74) is 4.76. The van der Waals surface area contributed by atoms with Crippen LogP contribution < -0.4 is 18.9 Å². The fourth-order valence-corrected chi connectivity index (χ4v) is 5.53. The van der Waals surface area contributed by atoms with Crippen LogP contribution >= 0.6 is 0 Å². The number of benzene rings is 4. The largest absolute Gasteiger partial charge is 0.497 e. The quantitative estimate of drug-likeness (QED) is 0.254. The van der Waals surface area contributed by atoms with E-state index in [2.05, 4.69) is 41.4 Å². The van der Waals surface area contributed by atoms with Gasteiger partial charge in [0.05, 0.1) is 26.9 Å². The molecule has 0 aliphatic carbocycles. The minimum atomic E-state index is -0.176. The molecule has 40 heavy (non-hydrogen) atoms. The summed E-state index contributed by atoms with van der Waals surface area (Å²) in [5.74, 6) is 3.95. The Morgan fingerprint density at radius 1 is 0.825 bits per heavy atom. The SMILES string of the molecule is COc1ccc([C@H]2c3c(ccc4ccccc34)Oc3ncn4nc(Cc5ccc(OC)c(OC)c5)nc4c32)cc1. The van der Waals surface area contributed by atoms with Gasteiger partial charge in [0.2, 0.25) is 5.88 Å². The maximum atomic E-state index is 6.43. The van der Waals surface area contributed by atoms with Gasteiger partial charge in [0.15, 0.2) is 23.0 Å². The lowest BCUT2D eigenvalue weighted by atomic mass is 9.81. The van der Waals surface area contributed by atoms with Gasteiger partial charge in [-0.25, -0.2) is 14.5 Å². The van der Waals surface area contributed by atoms with Crippen LogP contribution in [0.1, 0.15) is 34.0 Å². The number of rotatable bonds is 6. The van der Waals surface area contributed by atoms with Crippen LogP contribution in [0.3, 0.4) is 0 Å². The summed E-state index contributed by atoms with van der Waals surface area (Å²) in [7, 11) is 4.93. The first kappa shape index (κ1) is 24.0. The highest BCUT2D eigenvalue weighted by Gasteiger charge is 2.34. The Hall–Kier alpha value is -5.11. The minimum absolute atomic E-state index is 0.176. The predicted molar refractivity (Wildman–Crippen MR) is 151 cm³/mol. The van der Waals surface area contributed by atoms with Crippen molar-refractivity contribution in [3.63, 3.8) is 0 Å². The molecular weight excluding hydrogens is 504 g/mol. The fraction of sp³-hybridized carbons (Fsp3) is 0.156. The standard InChI is InChI=1S/C32H26N4O4/c1-37-22-12-9-21(10-13-22)28-29-23-7-5-4-6-20(23)11-15-25(29)40-32-30(28)31-34-27(35-36(31)18-33-32)17-19-8-14-24(38-2)26(16-19)39-3/h4-16,18,28H,17H2,1-3H3/t28-/m0/s1. The van der Waals surface area contributed by atoms with E-state index in [-0.39, 0.29) is 5.92 Å². The molecule has 0 saturated carbocycles. The summed E-state index contributed by atoms with van der Waals surface area (Å²) >= 11 is 0. The Bertz CT molecular complexity index is 1880. The molecule has 2 aromatic heterocycles. The van der Waals surface area contributed by atoms with Crippen molar-refractivity contribution in [3.05, 3.63) is 113 Å². The third-order valence-electron chi connectivity index (χ3n) is 7.40. The number of methoxy groups -OCH3 is 3. The summed E-state index contributed by atoms with van der Waals surface area (Å²) in [6.45, 7) is 0. The molecule has 0 spiro atoms. The number of hydrogen-bond donors (Lipinski definition) is 0. The third-order valence-corrected chi connectivity index (χ3v) is 7.40. The highest BCUT2D eigenvalue weighted by atomic mass is 16.5. The van der Waals surface area contributed by atoms with E-state index in [1.165, 1.54) is 0 Å². The third kappa shape index (κ3) is 3.88. The van der Waals surface area contributed by atoms with Crippen LogP contribution in [0.4, 0.5) is 0 Å². The number of aromatic nitrogens is 4. The van der Waals surface area contributed by atoms with Gasteiger partial charge in [-0.05, 0) is 52.2 Å². The molecule has 0 radical (unpaired) electrons. The van der Waals surface area contributed by atoms with Gasteiger partial charge in [0.25, 0.3) is 0 Å². The molecule has 4 aromatic carbocycles. The first-order valence-corrected chi connectivity index (χ1v) is 13.0. The van der Waals surface area contributed by atoms with E-state index in [4.69, 9.17) is 29.0 Å². The van der Waals surface area contributed by atoms with Crippen molar-refractivity contribution in [2.45, 2.75) is 12.3 Å². The molecule has 1 atom stereocenters. The molecule has 1 aliphatic rings. The molecule has 198 valence electrons. The molecule has 0 bridgehead atoms. The zero-order valence-corrected chi connectivity index (χ0v) is 22.3. The van der Waals surface area contributed by atoms with Gasteiger partial charge in [0.1, 0.15) is 17.8 Å². The average Bonchev–Trinajstić information content (AvgIpc) is 3.42. The van der Waals surface area contributed by atoms with Crippen LogP contribution in [0.2, 0.25) is 0 Å². The zero-order chi connectivity index (χ0) is 27.2. The normalized spacial score (nSPS) is 13.9. The molecule has 6 aromatic rings. The van der Waals surface area contributed by atoms with Gasteiger partial charge in [-0.15, -0.1) is 5.10 Å². The van der Waals surface area contributed by atoms with Crippen LogP contribution in [0, 0.1) is 0 Å². The second-order valence-electron chi connectivity index (χ2n) is 9.63. The highest BCUT2D eigenvalue weighted by Crippen LogP contribution is 2.50. The molecule has 3 heterocycles. The van der Waals surface area contributed by atoms with Gasteiger partial charge in [-0.2, -0.15) is 0 Å². The number of nitrogens with zero attached hydrogens (tertiary/aromatic N) is 4. The molecule has 0 unspecified atom stereocenters. The van der Waals surface area contributed by atoms with E-state index in [0.29, 0.717) is 35.3 Å². The van der Waals surface area contributed by atoms with Crippen molar-refractivity contribution in [1.29, 1.82) is 0 Å². The molecular formula is C32H26N4O4. The second kappa shape index (κ2) is 9.57.